The highest BCUT2D eigenvalue weighted by atomic mass is 32.2. The molecule has 31 heavy (non-hydrogen) atoms. The summed E-state index contributed by atoms with van der Waals surface area (Å²) in [5.41, 5.74) is 1.26. The van der Waals surface area contributed by atoms with Gasteiger partial charge >= 0.3 is 6.03 Å². The Bertz CT molecular complexity index is 1000. The van der Waals surface area contributed by atoms with E-state index in [9.17, 15) is 23.1 Å². The predicted molar refractivity (Wildman–Crippen MR) is 117 cm³/mol. The van der Waals surface area contributed by atoms with Crippen LogP contribution in [-0.4, -0.2) is 60.4 Å². The summed E-state index contributed by atoms with van der Waals surface area (Å²) in [4.78, 5) is 25.9. The van der Waals surface area contributed by atoms with Gasteiger partial charge < -0.3 is 20.1 Å². The molecule has 10 heteroatoms. The number of amides is 2. The second-order valence-corrected chi connectivity index (χ2v) is 11.3. The van der Waals surface area contributed by atoms with Gasteiger partial charge in [0.25, 0.3) is 0 Å². The first-order valence-electron chi connectivity index (χ1n) is 10.2. The highest BCUT2D eigenvalue weighted by molar-refractivity contribution is 7.90. The van der Waals surface area contributed by atoms with E-state index in [1.165, 1.54) is 6.92 Å². The Morgan fingerprint density at radius 3 is 2.42 bits per heavy atom. The molecule has 1 atom stereocenters. The number of carbonyl (C=O) groups is 2. The van der Waals surface area contributed by atoms with Crippen LogP contribution >= 0.6 is 0 Å². The van der Waals surface area contributed by atoms with Crippen molar-refractivity contribution in [1.29, 1.82) is 0 Å². The van der Waals surface area contributed by atoms with Crippen LogP contribution in [0.3, 0.4) is 0 Å². The highest BCUT2D eigenvalue weighted by Gasteiger charge is 2.33. The summed E-state index contributed by atoms with van der Waals surface area (Å²) in [6.45, 7) is 7.15. The molecule has 2 amide bonds. The molecule has 1 aromatic carbocycles. The number of urea groups is 1. The lowest BCUT2D eigenvalue weighted by atomic mass is 10.0. The molecule has 170 valence electrons. The number of aliphatic hydroxyl groups is 1. The zero-order chi connectivity index (χ0) is 23.0. The smallest absolute Gasteiger partial charge is 0.321 e. The number of aliphatic hydroxyl groups excluding tert-OH is 1. The number of likely N-dealkylation sites (tertiary alicyclic amines) is 1. The van der Waals surface area contributed by atoms with Crippen LogP contribution in [0.25, 0.3) is 6.08 Å². The molecule has 1 aromatic rings. The zero-order valence-corrected chi connectivity index (χ0v) is 19.0. The highest BCUT2D eigenvalue weighted by Crippen LogP contribution is 2.31. The number of nitrogens with zero attached hydrogens (tertiary/aromatic N) is 1. The normalized spacial score (nSPS) is 19.8. The van der Waals surface area contributed by atoms with Crippen molar-refractivity contribution in [2.75, 3.05) is 18.4 Å². The Kier molecular flexibility index (Phi) is 6.45. The molecule has 0 saturated carbocycles. The van der Waals surface area contributed by atoms with Crippen LogP contribution in [0.15, 0.2) is 23.8 Å². The number of fused-ring (bicyclic) bond motifs is 1. The molecule has 3 rings (SSSR count). The van der Waals surface area contributed by atoms with Crippen molar-refractivity contribution >= 4 is 33.6 Å². The fourth-order valence-corrected chi connectivity index (χ4v) is 4.37. The van der Waals surface area contributed by atoms with Gasteiger partial charge in [0.05, 0.1) is 10.3 Å². The molecule has 1 saturated heterocycles. The Hall–Kier alpha value is -2.43. The number of anilines is 1. The van der Waals surface area contributed by atoms with E-state index in [0.29, 0.717) is 42.9 Å². The maximum Gasteiger partial charge on any atom is 0.321 e. The molecule has 1 unspecified atom stereocenters. The van der Waals surface area contributed by atoms with Gasteiger partial charge in [0.1, 0.15) is 5.75 Å². The SMILES string of the molecule is CC(=O)C1=Cc2cc(NC(=O)N3CCC(NS(=O)(=O)C(C)(C)C)CC3)ccc2OC1O. The van der Waals surface area contributed by atoms with E-state index >= 15 is 0 Å². The number of piperidine rings is 1. The Labute approximate surface area is 182 Å². The summed E-state index contributed by atoms with van der Waals surface area (Å²) >= 11 is 0. The van der Waals surface area contributed by atoms with Gasteiger partial charge in [-0.2, -0.15) is 0 Å². The van der Waals surface area contributed by atoms with Gasteiger partial charge in [0.2, 0.25) is 16.3 Å². The van der Waals surface area contributed by atoms with Gasteiger partial charge in [-0.05, 0) is 64.8 Å². The first-order valence-corrected chi connectivity index (χ1v) is 11.6. The van der Waals surface area contributed by atoms with Gasteiger partial charge in [-0.3, -0.25) is 4.79 Å². The first kappa shape index (κ1) is 23.2. The maximum atomic E-state index is 12.6. The maximum absolute atomic E-state index is 12.6. The zero-order valence-electron chi connectivity index (χ0n) is 18.1. The molecule has 0 radical (unpaired) electrons. The van der Waals surface area contributed by atoms with E-state index in [2.05, 4.69) is 10.0 Å². The standard InChI is InChI=1S/C21H29N3O6S/c1-13(25)17-12-14-11-16(5-6-18(14)30-19(17)26)22-20(27)24-9-7-15(8-10-24)23-31(28,29)21(2,3)4/h5-6,11-12,15,19,23,26H,7-10H2,1-4H3,(H,22,27). The summed E-state index contributed by atoms with van der Waals surface area (Å²) in [7, 11) is -3.44. The lowest BCUT2D eigenvalue weighted by Gasteiger charge is -2.33. The minimum Gasteiger partial charge on any atom is -0.460 e. The van der Waals surface area contributed by atoms with E-state index in [-0.39, 0.29) is 23.4 Å². The fourth-order valence-electron chi connectivity index (χ4n) is 3.34. The molecule has 0 aliphatic carbocycles. The fraction of sp³-hybridized carbons (Fsp3) is 0.524. The number of Topliss-reactive ketones (excluding diaryl/α,β-unsaturated/α-hetero) is 1. The number of hydrogen-bond acceptors (Lipinski definition) is 6. The van der Waals surface area contributed by atoms with Crippen LogP contribution in [0.4, 0.5) is 10.5 Å². The van der Waals surface area contributed by atoms with Gasteiger partial charge in [-0.15, -0.1) is 0 Å². The van der Waals surface area contributed by atoms with Crippen molar-refractivity contribution in [3.8, 4) is 5.75 Å². The average molecular weight is 452 g/mol. The van der Waals surface area contributed by atoms with E-state index in [4.69, 9.17) is 4.74 Å². The summed E-state index contributed by atoms with van der Waals surface area (Å²) in [6, 6.07) is 4.46. The predicted octanol–water partition coefficient (Wildman–Crippen LogP) is 2.08. The van der Waals surface area contributed by atoms with Gasteiger partial charge in [-0.25, -0.2) is 17.9 Å². The second kappa shape index (κ2) is 8.60. The number of carbonyl (C=O) groups excluding carboxylic acids is 2. The van der Waals surface area contributed by atoms with Crippen molar-refractivity contribution < 1.29 is 27.9 Å². The largest absolute Gasteiger partial charge is 0.460 e. The number of ketones is 1. The third kappa shape index (κ3) is 5.25. The third-order valence-corrected chi connectivity index (χ3v) is 7.65. The van der Waals surface area contributed by atoms with E-state index < -0.39 is 21.1 Å². The number of ether oxygens (including phenoxy) is 1. The summed E-state index contributed by atoms with van der Waals surface area (Å²) in [5, 5.41) is 12.7. The van der Waals surface area contributed by atoms with Crippen molar-refractivity contribution in [2.24, 2.45) is 0 Å². The monoisotopic (exact) mass is 451 g/mol. The number of nitrogens with one attached hydrogen (secondary N) is 2. The molecule has 2 aliphatic rings. The van der Waals surface area contributed by atoms with Crippen LogP contribution in [0.2, 0.25) is 0 Å². The summed E-state index contributed by atoms with van der Waals surface area (Å²) in [6.07, 6.45) is 1.31. The van der Waals surface area contributed by atoms with Crippen molar-refractivity contribution in [3.05, 3.63) is 29.3 Å². The van der Waals surface area contributed by atoms with Gasteiger partial charge in [0, 0.05) is 30.4 Å². The topological polar surface area (TPSA) is 125 Å². The first-order chi connectivity index (χ1) is 14.4. The van der Waals surface area contributed by atoms with E-state index in [1.54, 1.807) is 49.9 Å². The lowest BCUT2D eigenvalue weighted by Crippen LogP contribution is -2.50. The van der Waals surface area contributed by atoms with Crippen LogP contribution in [-0.2, 0) is 14.8 Å². The van der Waals surface area contributed by atoms with Gasteiger partial charge in [0.15, 0.2) is 5.78 Å². The molecule has 0 spiro atoms. The number of sulfonamides is 1. The molecule has 1 fully saturated rings. The molecule has 0 aromatic heterocycles. The van der Waals surface area contributed by atoms with E-state index in [1.807, 2.05) is 0 Å². The molecule has 2 aliphatic heterocycles. The van der Waals surface area contributed by atoms with Crippen LogP contribution < -0.4 is 14.8 Å². The van der Waals surface area contributed by atoms with Crippen LogP contribution in [0.5, 0.6) is 5.75 Å². The second-order valence-electron chi connectivity index (χ2n) is 8.80. The summed E-state index contributed by atoms with van der Waals surface area (Å²) in [5.74, 6) is 0.125. The Morgan fingerprint density at radius 1 is 1.19 bits per heavy atom. The third-order valence-electron chi connectivity index (χ3n) is 5.39. The molecular formula is C21H29N3O6S. The van der Waals surface area contributed by atoms with Crippen molar-refractivity contribution in [3.63, 3.8) is 0 Å². The molecule has 2 heterocycles. The molecule has 9 nitrogen and oxygen atoms in total. The number of hydrogen-bond donors (Lipinski definition) is 3. The van der Waals surface area contributed by atoms with Crippen LogP contribution in [0, 0.1) is 0 Å². The Morgan fingerprint density at radius 2 is 1.84 bits per heavy atom. The van der Waals surface area contributed by atoms with Gasteiger partial charge in [-0.1, -0.05) is 0 Å². The van der Waals surface area contributed by atoms with Crippen molar-refractivity contribution in [2.45, 2.75) is 57.6 Å². The molecular weight excluding hydrogens is 422 g/mol. The number of rotatable bonds is 4. The summed E-state index contributed by atoms with van der Waals surface area (Å²) < 4.78 is 31.8. The molecule has 0 bridgehead atoms. The number of benzene rings is 1. The lowest BCUT2D eigenvalue weighted by molar-refractivity contribution is -0.116. The Balaban J connectivity index is 1.60. The minimum absolute atomic E-state index is 0.149. The molecule has 3 N–H and O–H groups in total. The van der Waals surface area contributed by atoms with Crippen molar-refractivity contribution in [1.82, 2.24) is 9.62 Å². The average Bonchev–Trinajstić information content (AvgIpc) is 2.66. The minimum atomic E-state index is -3.44. The van der Waals surface area contributed by atoms with E-state index in [0.717, 1.165) is 0 Å². The quantitative estimate of drug-likeness (QED) is 0.644. The van der Waals surface area contributed by atoms with Crippen LogP contribution in [0.1, 0.15) is 46.1 Å².